The molecular weight excluding hydrogens is 615 g/mol. The molecule has 2 atom stereocenters. The fraction of sp³-hybridized carbons (Fsp3) is 0.297. The molecule has 4 aromatic rings. The highest BCUT2D eigenvalue weighted by molar-refractivity contribution is 7.98. The maximum absolute atomic E-state index is 14.6. The van der Waals surface area contributed by atoms with Crippen molar-refractivity contribution in [2.45, 2.75) is 69.0 Å². The molecule has 0 aliphatic carbocycles. The van der Waals surface area contributed by atoms with Crippen LogP contribution in [-0.2, 0) is 32.6 Å². The summed E-state index contributed by atoms with van der Waals surface area (Å²) in [6.07, 6.45) is 2.92. The molecule has 0 saturated carbocycles. The standard InChI is InChI=1S/C37H43N3O4S2/c1-6-29(4)38-37(42)35(24-30-10-8-7-9-11-30)39(25-31-16-12-27(2)13-17-31)36(41)26-40(32-18-14-28(3)15-19-32)46(43,44)34-22-20-33(45-5)21-23-34/h7-23,29,35H,6,24-26H2,1-5H3,(H,38,42)/t29-,35-/m0/s1. The number of thioether (sulfide) groups is 1. The molecule has 4 aromatic carbocycles. The van der Waals surface area contributed by atoms with Gasteiger partial charge < -0.3 is 10.2 Å². The third-order valence-corrected chi connectivity index (χ3v) is 10.5. The minimum atomic E-state index is -4.15. The number of rotatable bonds is 14. The molecule has 46 heavy (non-hydrogen) atoms. The highest BCUT2D eigenvalue weighted by Crippen LogP contribution is 2.27. The van der Waals surface area contributed by atoms with Crippen LogP contribution >= 0.6 is 11.8 Å². The van der Waals surface area contributed by atoms with Gasteiger partial charge in [-0.1, -0.05) is 84.8 Å². The van der Waals surface area contributed by atoms with Crippen LogP contribution in [-0.4, -0.2) is 50.0 Å². The Bertz CT molecular complexity index is 1690. The molecule has 0 spiro atoms. The van der Waals surface area contributed by atoms with Crippen LogP contribution in [0.15, 0.2) is 113 Å². The molecule has 242 valence electrons. The molecule has 7 nitrogen and oxygen atoms in total. The first kappa shape index (κ1) is 34.8. The van der Waals surface area contributed by atoms with E-state index in [-0.39, 0.29) is 29.8 Å². The topological polar surface area (TPSA) is 86.8 Å². The van der Waals surface area contributed by atoms with Gasteiger partial charge in [-0.15, -0.1) is 11.8 Å². The Morgan fingerprint density at radius 3 is 1.96 bits per heavy atom. The summed E-state index contributed by atoms with van der Waals surface area (Å²) in [6, 6.07) is 30.1. The van der Waals surface area contributed by atoms with E-state index in [0.29, 0.717) is 5.69 Å². The molecular formula is C37H43N3O4S2. The number of hydrogen-bond donors (Lipinski definition) is 1. The minimum absolute atomic E-state index is 0.0825. The molecule has 0 radical (unpaired) electrons. The van der Waals surface area contributed by atoms with Crippen LogP contribution < -0.4 is 9.62 Å². The highest BCUT2D eigenvalue weighted by Gasteiger charge is 2.35. The van der Waals surface area contributed by atoms with Gasteiger partial charge in [-0.2, -0.15) is 0 Å². The van der Waals surface area contributed by atoms with Crippen molar-refractivity contribution in [2.75, 3.05) is 17.1 Å². The van der Waals surface area contributed by atoms with Gasteiger partial charge in [-0.25, -0.2) is 8.42 Å². The SMILES string of the molecule is CC[C@H](C)NC(=O)[C@H](Cc1ccccc1)N(Cc1ccc(C)cc1)C(=O)CN(c1ccc(C)cc1)S(=O)(=O)c1ccc(SC)cc1. The van der Waals surface area contributed by atoms with Gasteiger partial charge in [-0.05, 0) is 81.0 Å². The Labute approximate surface area is 278 Å². The van der Waals surface area contributed by atoms with E-state index in [4.69, 9.17) is 0 Å². The van der Waals surface area contributed by atoms with Gasteiger partial charge in [0.2, 0.25) is 11.8 Å². The van der Waals surface area contributed by atoms with Gasteiger partial charge in [0.1, 0.15) is 12.6 Å². The van der Waals surface area contributed by atoms with E-state index < -0.39 is 28.5 Å². The van der Waals surface area contributed by atoms with E-state index in [9.17, 15) is 18.0 Å². The van der Waals surface area contributed by atoms with Crippen LogP contribution in [0.25, 0.3) is 0 Å². The number of hydrogen-bond acceptors (Lipinski definition) is 5. The van der Waals surface area contributed by atoms with Gasteiger partial charge in [0.15, 0.2) is 0 Å². The third-order valence-electron chi connectivity index (χ3n) is 7.99. The van der Waals surface area contributed by atoms with Crippen LogP contribution in [0.2, 0.25) is 0 Å². The number of carbonyl (C=O) groups is 2. The summed E-state index contributed by atoms with van der Waals surface area (Å²) in [4.78, 5) is 31.1. The number of nitrogens with one attached hydrogen (secondary N) is 1. The van der Waals surface area contributed by atoms with Crippen LogP contribution in [0.4, 0.5) is 5.69 Å². The zero-order valence-corrected chi connectivity index (χ0v) is 28.8. The van der Waals surface area contributed by atoms with Crippen LogP contribution in [0.1, 0.15) is 42.5 Å². The molecule has 0 aromatic heterocycles. The monoisotopic (exact) mass is 657 g/mol. The predicted octanol–water partition coefficient (Wildman–Crippen LogP) is 6.78. The van der Waals surface area contributed by atoms with E-state index in [1.54, 1.807) is 36.4 Å². The molecule has 1 N–H and O–H groups in total. The molecule has 2 amide bonds. The summed E-state index contributed by atoms with van der Waals surface area (Å²) in [5.41, 5.74) is 4.13. The van der Waals surface area contributed by atoms with E-state index in [0.717, 1.165) is 37.9 Å². The van der Waals surface area contributed by atoms with Crippen LogP contribution in [0.3, 0.4) is 0 Å². The lowest BCUT2D eigenvalue weighted by atomic mass is 10.0. The van der Waals surface area contributed by atoms with Gasteiger partial charge >= 0.3 is 0 Å². The molecule has 4 rings (SSSR count). The van der Waals surface area contributed by atoms with Gasteiger partial charge in [0.05, 0.1) is 10.6 Å². The first-order valence-electron chi connectivity index (χ1n) is 15.4. The predicted molar refractivity (Wildman–Crippen MR) is 187 cm³/mol. The molecule has 0 heterocycles. The summed E-state index contributed by atoms with van der Waals surface area (Å²) in [5.74, 6) is -0.762. The smallest absolute Gasteiger partial charge is 0.264 e. The number of sulfonamides is 1. The third kappa shape index (κ3) is 9.01. The number of carbonyl (C=O) groups excluding carboxylic acids is 2. The van der Waals surface area contributed by atoms with Crippen molar-refractivity contribution < 1.29 is 18.0 Å². The summed E-state index contributed by atoms with van der Waals surface area (Å²) >= 11 is 1.52. The maximum atomic E-state index is 14.6. The zero-order chi connectivity index (χ0) is 33.3. The second-order valence-corrected chi connectivity index (χ2v) is 14.3. The quantitative estimate of drug-likeness (QED) is 0.151. The lowest BCUT2D eigenvalue weighted by Crippen LogP contribution is -2.54. The van der Waals surface area contributed by atoms with Crippen molar-refractivity contribution in [3.05, 3.63) is 125 Å². The molecule has 0 bridgehead atoms. The first-order valence-corrected chi connectivity index (χ1v) is 18.1. The highest BCUT2D eigenvalue weighted by atomic mass is 32.2. The van der Waals surface area contributed by atoms with Crippen LogP contribution in [0, 0.1) is 13.8 Å². The molecule has 9 heteroatoms. The fourth-order valence-corrected chi connectivity index (χ4v) is 6.82. The maximum Gasteiger partial charge on any atom is 0.264 e. The number of benzene rings is 4. The van der Waals surface area contributed by atoms with Crippen molar-refractivity contribution >= 4 is 39.3 Å². The second-order valence-electron chi connectivity index (χ2n) is 11.6. The summed E-state index contributed by atoms with van der Waals surface area (Å²) in [5, 5.41) is 3.07. The molecule has 0 fully saturated rings. The summed E-state index contributed by atoms with van der Waals surface area (Å²) in [6.45, 7) is 7.47. The fourth-order valence-electron chi connectivity index (χ4n) is 5.00. The largest absolute Gasteiger partial charge is 0.352 e. The van der Waals surface area contributed by atoms with E-state index in [2.05, 4.69) is 5.32 Å². The summed E-state index contributed by atoms with van der Waals surface area (Å²) < 4.78 is 29.6. The Morgan fingerprint density at radius 1 is 0.804 bits per heavy atom. The van der Waals surface area contributed by atoms with E-state index in [1.807, 2.05) is 101 Å². The first-order chi connectivity index (χ1) is 22.0. The second kappa shape index (κ2) is 16.0. The van der Waals surface area contributed by atoms with Crippen molar-refractivity contribution in [3.63, 3.8) is 0 Å². The Morgan fingerprint density at radius 2 is 1.39 bits per heavy atom. The average molecular weight is 658 g/mol. The number of nitrogens with zero attached hydrogens (tertiary/aromatic N) is 2. The number of amides is 2. The zero-order valence-electron chi connectivity index (χ0n) is 27.1. The minimum Gasteiger partial charge on any atom is -0.352 e. The molecule has 0 aliphatic rings. The normalized spacial score (nSPS) is 12.6. The van der Waals surface area contributed by atoms with Gasteiger partial charge in [0.25, 0.3) is 10.0 Å². The van der Waals surface area contributed by atoms with Crippen LogP contribution in [0.5, 0.6) is 0 Å². The van der Waals surface area contributed by atoms with Gasteiger partial charge in [0, 0.05) is 23.9 Å². The lowest BCUT2D eigenvalue weighted by molar-refractivity contribution is -0.140. The van der Waals surface area contributed by atoms with Crippen molar-refractivity contribution in [2.24, 2.45) is 0 Å². The van der Waals surface area contributed by atoms with Gasteiger partial charge in [-0.3, -0.25) is 13.9 Å². The number of anilines is 1. The van der Waals surface area contributed by atoms with E-state index in [1.165, 1.54) is 16.7 Å². The van der Waals surface area contributed by atoms with E-state index >= 15 is 0 Å². The van der Waals surface area contributed by atoms with Crippen molar-refractivity contribution in [1.29, 1.82) is 0 Å². The Kier molecular flexibility index (Phi) is 12.1. The molecule has 0 aliphatic heterocycles. The Hall–Kier alpha value is -4.08. The Balaban J connectivity index is 1.80. The lowest BCUT2D eigenvalue weighted by Gasteiger charge is -2.34. The number of aryl methyl sites for hydroxylation is 2. The molecule has 0 saturated heterocycles. The summed E-state index contributed by atoms with van der Waals surface area (Å²) in [7, 11) is -4.15. The van der Waals surface area contributed by atoms with Crippen molar-refractivity contribution in [3.8, 4) is 0 Å². The average Bonchev–Trinajstić information content (AvgIpc) is 3.06. The van der Waals surface area contributed by atoms with Crippen molar-refractivity contribution in [1.82, 2.24) is 10.2 Å². The molecule has 0 unspecified atom stereocenters.